The van der Waals surface area contributed by atoms with Gasteiger partial charge in [-0.25, -0.2) is 0 Å². The Labute approximate surface area is 135 Å². The van der Waals surface area contributed by atoms with E-state index < -0.39 is 0 Å². The number of amides is 2. The lowest BCUT2D eigenvalue weighted by Crippen LogP contribution is -2.49. The number of methoxy groups -OCH3 is 1. The number of hydrogen-bond acceptors (Lipinski definition) is 6. The highest BCUT2D eigenvalue weighted by Crippen LogP contribution is 2.19. The molecule has 8 heteroatoms. The summed E-state index contributed by atoms with van der Waals surface area (Å²) in [5.41, 5.74) is 0. The molecule has 1 aliphatic heterocycles. The lowest BCUT2D eigenvalue weighted by Gasteiger charge is -2.32. The summed E-state index contributed by atoms with van der Waals surface area (Å²) in [5.74, 6) is 0.233. The molecule has 0 aromatic rings. The van der Waals surface area contributed by atoms with Crippen molar-refractivity contribution in [2.45, 2.75) is 25.1 Å². The zero-order chi connectivity index (χ0) is 16.7. The fourth-order valence-corrected chi connectivity index (χ4v) is 3.28. The van der Waals surface area contributed by atoms with Crippen LogP contribution in [-0.4, -0.2) is 85.0 Å². The second kappa shape index (κ2) is 8.99. The van der Waals surface area contributed by atoms with Crippen LogP contribution in [0.5, 0.6) is 0 Å². The van der Waals surface area contributed by atoms with Crippen LogP contribution in [0.4, 0.5) is 0 Å². The second-order valence-corrected chi connectivity index (χ2v) is 6.93. The van der Waals surface area contributed by atoms with Crippen molar-refractivity contribution in [3.05, 3.63) is 0 Å². The van der Waals surface area contributed by atoms with Gasteiger partial charge in [-0.15, -0.1) is 11.8 Å². The van der Waals surface area contributed by atoms with E-state index in [0.29, 0.717) is 18.8 Å². The van der Waals surface area contributed by atoms with Gasteiger partial charge in [0.1, 0.15) is 5.25 Å². The molecule has 0 radical (unpaired) electrons. The molecule has 1 N–H and O–H groups in total. The van der Waals surface area contributed by atoms with Crippen molar-refractivity contribution in [3.8, 4) is 0 Å². The molecule has 1 fully saturated rings. The number of ether oxygens (including phenoxy) is 1. The van der Waals surface area contributed by atoms with Gasteiger partial charge in [-0.1, -0.05) is 0 Å². The third-order valence-corrected chi connectivity index (χ3v) is 4.31. The molecule has 0 spiro atoms. The lowest BCUT2D eigenvalue weighted by molar-refractivity contribution is -0.141. The maximum absolute atomic E-state index is 12.3. The van der Waals surface area contributed by atoms with Crippen LogP contribution in [0, 0.1) is 0 Å². The smallest absolute Gasteiger partial charge is 0.320 e. The molecular formula is C14H25N3O4S. The molecule has 0 unspecified atom stereocenters. The summed E-state index contributed by atoms with van der Waals surface area (Å²) in [5, 5.41) is 2.46. The van der Waals surface area contributed by atoms with Crippen LogP contribution >= 0.6 is 11.8 Å². The highest BCUT2D eigenvalue weighted by molar-refractivity contribution is 8.00. The fourth-order valence-electron chi connectivity index (χ4n) is 2.15. The van der Waals surface area contributed by atoms with Crippen molar-refractivity contribution in [2.24, 2.45) is 0 Å². The molecule has 0 aromatic carbocycles. The lowest BCUT2D eigenvalue weighted by atomic mass is 10.3. The van der Waals surface area contributed by atoms with E-state index in [2.05, 4.69) is 5.32 Å². The van der Waals surface area contributed by atoms with Crippen molar-refractivity contribution in [1.82, 2.24) is 15.1 Å². The molecular weight excluding hydrogens is 306 g/mol. The molecule has 2 amide bonds. The van der Waals surface area contributed by atoms with Crippen molar-refractivity contribution >= 4 is 29.5 Å². The van der Waals surface area contributed by atoms with E-state index in [9.17, 15) is 14.4 Å². The first kappa shape index (κ1) is 18.8. The Morgan fingerprint density at radius 2 is 2.05 bits per heavy atom. The van der Waals surface area contributed by atoms with E-state index in [-0.39, 0.29) is 42.2 Å². The number of hydrogen-bond donors (Lipinski definition) is 1. The van der Waals surface area contributed by atoms with Gasteiger partial charge in [0.2, 0.25) is 11.8 Å². The number of esters is 1. The normalized spacial score (nSPS) is 18.5. The molecule has 1 heterocycles. The highest BCUT2D eigenvalue weighted by Gasteiger charge is 2.29. The van der Waals surface area contributed by atoms with Gasteiger partial charge in [-0.2, -0.15) is 0 Å². The first-order chi connectivity index (χ1) is 10.3. The molecule has 0 aromatic heterocycles. The number of likely N-dealkylation sites (N-methyl/N-ethyl adjacent to an activating group) is 1. The zero-order valence-corrected chi connectivity index (χ0v) is 14.4. The minimum Gasteiger partial charge on any atom is -0.468 e. The van der Waals surface area contributed by atoms with E-state index in [1.54, 1.807) is 16.8 Å². The summed E-state index contributed by atoms with van der Waals surface area (Å²) >= 11 is 1.51. The van der Waals surface area contributed by atoms with Gasteiger partial charge in [0.15, 0.2) is 0 Å². The first-order valence-electron chi connectivity index (χ1n) is 7.28. The Hall–Kier alpha value is -1.28. The standard InChI is InChI=1S/C14H25N3O4S/c1-10(2)15-12(18)8-16(3)9-13(19)17-5-6-22-11(7-17)14(20)21-4/h10-11H,5-9H2,1-4H3,(H,15,18)/t11-/m1/s1. The third-order valence-electron chi connectivity index (χ3n) is 3.15. The number of carbonyl (C=O) groups excluding carboxylic acids is 3. The van der Waals surface area contributed by atoms with Gasteiger partial charge in [-0.05, 0) is 20.9 Å². The second-order valence-electron chi connectivity index (χ2n) is 5.62. The molecule has 7 nitrogen and oxygen atoms in total. The first-order valence-corrected chi connectivity index (χ1v) is 8.33. The Balaban J connectivity index is 2.43. The Morgan fingerprint density at radius 3 is 2.64 bits per heavy atom. The van der Waals surface area contributed by atoms with E-state index in [1.165, 1.54) is 18.9 Å². The summed E-state index contributed by atoms with van der Waals surface area (Å²) in [7, 11) is 3.08. The Kier molecular flexibility index (Phi) is 7.67. The number of carbonyl (C=O) groups is 3. The topological polar surface area (TPSA) is 79.0 Å². The average molecular weight is 331 g/mol. The largest absolute Gasteiger partial charge is 0.468 e. The summed E-state index contributed by atoms with van der Waals surface area (Å²) in [6.07, 6.45) is 0. The third kappa shape index (κ3) is 6.23. The zero-order valence-electron chi connectivity index (χ0n) is 13.6. The van der Waals surface area contributed by atoms with Crippen molar-refractivity contribution in [3.63, 3.8) is 0 Å². The summed E-state index contributed by atoms with van der Waals surface area (Å²) < 4.78 is 4.73. The van der Waals surface area contributed by atoms with Gasteiger partial charge in [0.05, 0.1) is 20.2 Å². The maximum Gasteiger partial charge on any atom is 0.320 e. The van der Waals surface area contributed by atoms with Crippen LogP contribution in [0.2, 0.25) is 0 Å². The highest BCUT2D eigenvalue weighted by atomic mass is 32.2. The van der Waals surface area contributed by atoms with Gasteiger partial charge in [0, 0.05) is 24.9 Å². The minimum absolute atomic E-state index is 0.0750. The van der Waals surface area contributed by atoms with Gasteiger partial charge >= 0.3 is 5.97 Å². The molecule has 1 aliphatic rings. The van der Waals surface area contributed by atoms with E-state index in [1.807, 2.05) is 13.8 Å². The minimum atomic E-state index is -0.322. The monoisotopic (exact) mass is 331 g/mol. The van der Waals surface area contributed by atoms with Gasteiger partial charge in [0.25, 0.3) is 0 Å². The van der Waals surface area contributed by atoms with Gasteiger partial charge in [-0.3, -0.25) is 19.3 Å². The van der Waals surface area contributed by atoms with Crippen molar-refractivity contribution in [2.75, 3.05) is 46.1 Å². The molecule has 1 rings (SSSR count). The SMILES string of the molecule is COC(=O)[C@H]1CN(C(=O)CN(C)CC(=O)NC(C)C)CCS1. The van der Waals surface area contributed by atoms with Crippen LogP contribution in [-0.2, 0) is 19.1 Å². The maximum atomic E-state index is 12.3. The molecule has 1 atom stereocenters. The molecule has 0 bridgehead atoms. The molecule has 22 heavy (non-hydrogen) atoms. The fraction of sp³-hybridized carbons (Fsp3) is 0.786. The summed E-state index contributed by atoms with van der Waals surface area (Å²) in [4.78, 5) is 38.8. The predicted octanol–water partition coefficient (Wildman–Crippen LogP) is -0.440. The van der Waals surface area contributed by atoms with Crippen LogP contribution < -0.4 is 5.32 Å². The molecule has 1 saturated heterocycles. The van der Waals surface area contributed by atoms with E-state index in [4.69, 9.17) is 4.74 Å². The Morgan fingerprint density at radius 1 is 1.36 bits per heavy atom. The number of nitrogens with zero attached hydrogens (tertiary/aromatic N) is 2. The van der Waals surface area contributed by atoms with E-state index >= 15 is 0 Å². The van der Waals surface area contributed by atoms with Crippen LogP contribution in [0.1, 0.15) is 13.8 Å². The number of rotatable bonds is 6. The van der Waals surface area contributed by atoms with Crippen molar-refractivity contribution in [1.29, 1.82) is 0 Å². The van der Waals surface area contributed by atoms with Crippen LogP contribution in [0.25, 0.3) is 0 Å². The molecule has 0 aliphatic carbocycles. The summed E-state index contributed by atoms with van der Waals surface area (Å²) in [6, 6.07) is 0.0801. The van der Waals surface area contributed by atoms with Gasteiger partial charge < -0.3 is 15.0 Å². The molecule has 0 saturated carbocycles. The molecule has 126 valence electrons. The predicted molar refractivity (Wildman–Crippen MR) is 85.6 cm³/mol. The Bertz CT molecular complexity index is 417. The number of nitrogens with one attached hydrogen (secondary N) is 1. The van der Waals surface area contributed by atoms with E-state index in [0.717, 1.165) is 0 Å². The number of thioether (sulfide) groups is 1. The van der Waals surface area contributed by atoms with Crippen LogP contribution in [0.15, 0.2) is 0 Å². The van der Waals surface area contributed by atoms with Crippen molar-refractivity contribution < 1.29 is 19.1 Å². The quantitative estimate of drug-likeness (QED) is 0.665. The summed E-state index contributed by atoms with van der Waals surface area (Å²) in [6.45, 7) is 5.09. The average Bonchev–Trinajstić information content (AvgIpc) is 2.45. The van der Waals surface area contributed by atoms with Crippen LogP contribution in [0.3, 0.4) is 0 Å².